The van der Waals surface area contributed by atoms with Crippen LogP contribution < -0.4 is 10.2 Å². The lowest BCUT2D eigenvalue weighted by Crippen LogP contribution is -2.36. The highest BCUT2D eigenvalue weighted by Gasteiger charge is 2.18. The molecule has 0 aliphatic carbocycles. The Morgan fingerprint density at radius 3 is 2.66 bits per heavy atom. The molecule has 32 heavy (non-hydrogen) atoms. The molecule has 1 N–H and O–H groups in total. The van der Waals surface area contributed by atoms with Gasteiger partial charge in [0.15, 0.2) is 16.8 Å². The Morgan fingerprint density at radius 2 is 1.91 bits per heavy atom. The standard InChI is InChI=1S/C23H21F2N5OS/c24-19-7-4-17(12-20(19)25)21-15-32-23(27-21)28-22(31)14-29-8-1-9-30(11-10-29)18-5-2-16(13-26)3-6-18/h2-7,12,15H,1,8-11,14H2,(H,27,28,31). The van der Waals surface area contributed by atoms with Crippen LogP contribution in [0.25, 0.3) is 11.3 Å². The van der Waals surface area contributed by atoms with E-state index < -0.39 is 11.6 Å². The maximum atomic E-state index is 13.5. The zero-order valence-corrected chi connectivity index (χ0v) is 18.0. The number of thiazole rings is 1. The lowest BCUT2D eigenvalue weighted by molar-refractivity contribution is -0.117. The topological polar surface area (TPSA) is 72.3 Å². The Kier molecular flexibility index (Phi) is 6.73. The van der Waals surface area contributed by atoms with E-state index in [9.17, 15) is 13.6 Å². The van der Waals surface area contributed by atoms with Gasteiger partial charge in [0, 0.05) is 42.8 Å². The molecule has 164 valence electrons. The van der Waals surface area contributed by atoms with Gasteiger partial charge in [0.2, 0.25) is 5.91 Å². The molecule has 1 saturated heterocycles. The van der Waals surface area contributed by atoms with Gasteiger partial charge in [-0.2, -0.15) is 5.26 Å². The fraction of sp³-hybridized carbons (Fsp3) is 0.261. The van der Waals surface area contributed by atoms with Gasteiger partial charge in [-0.15, -0.1) is 11.3 Å². The Balaban J connectivity index is 1.31. The second kappa shape index (κ2) is 9.85. The van der Waals surface area contributed by atoms with E-state index in [0.29, 0.717) is 22.0 Å². The highest BCUT2D eigenvalue weighted by Crippen LogP contribution is 2.26. The van der Waals surface area contributed by atoms with Gasteiger partial charge in [0.05, 0.1) is 23.9 Å². The van der Waals surface area contributed by atoms with Crippen LogP contribution in [0.1, 0.15) is 12.0 Å². The maximum absolute atomic E-state index is 13.5. The number of nitrogens with zero attached hydrogens (tertiary/aromatic N) is 4. The minimum atomic E-state index is -0.933. The maximum Gasteiger partial charge on any atom is 0.240 e. The van der Waals surface area contributed by atoms with Crippen LogP contribution in [0.5, 0.6) is 0 Å². The minimum absolute atomic E-state index is 0.164. The molecule has 6 nitrogen and oxygen atoms in total. The molecule has 0 bridgehead atoms. The summed E-state index contributed by atoms with van der Waals surface area (Å²) in [7, 11) is 0. The number of anilines is 2. The number of aromatic nitrogens is 1. The molecule has 0 unspecified atom stereocenters. The number of rotatable bonds is 5. The molecule has 2 heterocycles. The molecule has 1 aliphatic heterocycles. The summed E-state index contributed by atoms with van der Waals surface area (Å²) < 4.78 is 26.6. The molecule has 1 aliphatic rings. The van der Waals surface area contributed by atoms with E-state index in [0.717, 1.165) is 50.4 Å². The molecule has 2 aromatic carbocycles. The number of hydrogen-bond donors (Lipinski definition) is 1. The third-order valence-electron chi connectivity index (χ3n) is 5.28. The molecule has 9 heteroatoms. The molecule has 4 rings (SSSR count). The van der Waals surface area contributed by atoms with Crippen molar-refractivity contribution >= 4 is 28.1 Å². The molecule has 0 radical (unpaired) electrons. The number of hydrogen-bond acceptors (Lipinski definition) is 6. The van der Waals surface area contributed by atoms with Crippen LogP contribution in [0.3, 0.4) is 0 Å². The fourth-order valence-corrected chi connectivity index (χ4v) is 4.35. The zero-order chi connectivity index (χ0) is 22.5. The number of nitriles is 1. The van der Waals surface area contributed by atoms with Crippen molar-refractivity contribution in [1.82, 2.24) is 9.88 Å². The summed E-state index contributed by atoms with van der Waals surface area (Å²) >= 11 is 1.24. The second-order valence-electron chi connectivity index (χ2n) is 7.49. The zero-order valence-electron chi connectivity index (χ0n) is 17.2. The highest BCUT2D eigenvalue weighted by atomic mass is 32.1. The summed E-state index contributed by atoms with van der Waals surface area (Å²) in [5, 5.41) is 13.9. The van der Waals surface area contributed by atoms with E-state index in [1.165, 1.54) is 17.4 Å². The molecule has 0 saturated carbocycles. The van der Waals surface area contributed by atoms with Crippen molar-refractivity contribution in [2.24, 2.45) is 0 Å². The van der Waals surface area contributed by atoms with Gasteiger partial charge in [0.1, 0.15) is 0 Å². The van der Waals surface area contributed by atoms with E-state index in [1.807, 2.05) is 24.3 Å². The van der Waals surface area contributed by atoms with Gasteiger partial charge >= 0.3 is 0 Å². The molecular weight excluding hydrogens is 432 g/mol. The first-order chi connectivity index (χ1) is 15.5. The van der Waals surface area contributed by atoms with Gasteiger partial charge in [0.25, 0.3) is 0 Å². The van der Waals surface area contributed by atoms with E-state index in [2.05, 4.69) is 26.2 Å². The van der Waals surface area contributed by atoms with Crippen molar-refractivity contribution in [3.63, 3.8) is 0 Å². The Bertz CT molecular complexity index is 1140. The molecular formula is C23H21F2N5OS. The summed E-state index contributed by atoms with van der Waals surface area (Å²) in [6.45, 7) is 3.47. The second-order valence-corrected chi connectivity index (χ2v) is 8.35. The lowest BCUT2D eigenvalue weighted by atomic mass is 10.2. The predicted octanol–water partition coefficient (Wildman–Crippen LogP) is 4.11. The number of benzene rings is 2. The number of carbonyl (C=O) groups excluding carboxylic acids is 1. The average Bonchev–Trinajstić information content (AvgIpc) is 3.13. The van der Waals surface area contributed by atoms with Gasteiger partial charge < -0.3 is 10.2 Å². The fourth-order valence-electron chi connectivity index (χ4n) is 3.62. The monoisotopic (exact) mass is 453 g/mol. The minimum Gasteiger partial charge on any atom is -0.370 e. The summed E-state index contributed by atoms with van der Waals surface area (Å²) in [6.07, 6.45) is 0.921. The van der Waals surface area contributed by atoms with Crippen molar-refractivity contribution in [2.45, 2.75) is 6.42 Å². The normalized spacial score (nSPS) is 14.6. The summed E-state index contributed by atoms with van der Waals surface area (Å²) in [5.41, 5.74) is 2.65. The number of halogens is 2. The Morgan fingerprint density at radius 1 is 1.09 bits per heavy atom. The van der Waals surface area contributed by atoms with Crippen molar-refractivity contribution < 1.29 is 13.6 Å². The Labute approximate surface area is 188 Å². The molecule has 0 atom stereocenters. The average molecular weight is 454 g/mol. The smallest absolute Gasteiger partial charge is 0.240 e. The SMILES string of the molecule is N#Cc1ccc(N2CCCN(CC(=O)Nc3nc(-c4ccc(F)c(F)c4)cs3)CC2)cc1. The van der Waals surface area contributed by atoms with E-state index in [1.54, 1.807) is 5.38 Å². The number of amides is 1. The van der Waals surface area contributed by atoms with Crippen molar-refractivity contribution in [3.05, 3.63) is 65.0 Å². The van der Waals surface area contributed by atoms with Crippen LogP contribution in [-0.4, -0.2) is 48.5 Å². The highest BCUT2D eigenvalue weighted by molar-refractivity contribution is 7.14. The van der Waals surface area contributed by atoms with E-state index in [-0.39, 0.29) is 12.5 Å². The predicted molar refractivity (Wildman–Crippen MR) is 121 cm³/mol. The number of nitrogens with one attached hydrogen (secondary N) is 1. The third kappa shape index (κ3) is 5.28. The first-order valence-electron chi connectivity index (χ1n) is 10.2. The van der Waals surface area contributed by atoms with E-state index >= 15 is 0 Å². The molecule has 1 fully saturated rings. The van der Waals surface area contributed by atoms with Gasteiger partial charge in [-0.25, -0.2) is 13.8 Å². The summed E-state index contributed by atoms with van der Waals surface area (Å²) in [4.78, 5) is 21.2. The first kappa shape index (κ1) is 21.9. The van der Waals surface area contributed by atoms with Crippen LogP contribution in [0.2, 0.25) is 0 Å². The first-order valence-corrected chi connectivity index (χ1v) is 11.1. The quantitative estimate of drug-likeness (QED) is 0.630. The molecule has 1 aromatic heterocycles. The lowest BCUT2D eigenvalue weighted by Gasteiger charge is -2.23. The van der Waals surface area contributed by atoms with Crippen LogP contribution in [-0.2, 0) is 4.79 Å². The largest absolute Gasteiger partial charge is 0.370 e. The van der Waals surface area contributed by atoms with Crippen molar-refractivity contribution in [3.8, 4) is 17.3 Å². The van der Waals surface area contributed by atoms with Gasteiger partial charge in [-0.1, -0.05) is 0 Å². The van der Waals surface area contributed by atoms with Crippen LogP contribution in [0.4, 0.5) is 19.6 Å². The summed E-state index contributed by atoms with van der Waals surface area (Å²) in [6, 6.07) is 13.3. The summed E-state index contributed by atoms with van der Waals surface area (Å²) in [5.74, 6) is -2.01. The van der Waals surface area contributed by atoms with Crippen LogP contribution in [0.15, 0.2) is 47.8 Å². The molecule has 0 spiro atoms. The molecule has 3 aromatic rings. The van der Waals surface area contributed by atoms with Crippen LogP contribution >= 0.6 is 11.3 Å². The van der Waals surface area contributed by atoms with Gasteiger partial charge in [-0.05, 0) is 48.9 Å². The van der Waals surface area contributed by atoms with Gasteiger partial charge in [-0.3, -0.25) is 9.69 Å². The van der Waals surface area contributed by atoms with E-state index in [4.69, 9.17) is 5.26 Å². The number of carbonyl (C=O) groups is 1. The Hall–Kier alpha value is -3.35. The van der Waals surface area contributed by atoms with Crippen molar-refractivity contribution in [1.29, 1.82) is 5.26 Å². The third-order valence-corrected chi connectivity index (χ3v) is 6.04. The molecule has 1 amide bonds. The van der Waals surface area contributed by atoms with Crippen LogP contribution in [0, 0.1) is 23.0 Å². The van der Waals surface area contributed by atoms with Crippen molar-refractivity contribution in [2.75, 3.05) is 42.9 Å².